The maximum atomic E-state index is 12.0. The van der Waals surface area contributed by atoms with Gasteiger partial charge in [0, 0.05) is 18.5 Å². The number of hydrogen-bond donors (Lipinski definition) is 2. The normalized spacial score (nSPS) is 10.6. The van der Waals surface area contributed by atoms with Crippen molar-refractivity contribution in [3.05, 3.63) is 42.0 Å². The summed E-state index contributed by atoms with van der Waals surface area (Å²) < 4.78 is 5.58. The van der Waals surface area contributed by atoms with Crippen LogP contribution < -0.4 is 10.1 Å². The summed E-state index contributed by atoms with van der Waals surface area (Å²) in [6, 6.07) is 7.20. The third kappa shape index (κ3) is 4.91. The number of ether oxygens (including phenoxy) is 1. The van der Waals surface area contributed by atoms with Crippen LogP contribution in [0.1, 0.15) is 36.5 Å². The summed E-state index contributed by atoms with van der Waals surface area (Å²) in [6.07, 6.45) is 3.14. The fourth-order valence-electron chi connectivity index (χ4n) is 1.89. The standard InChI is InChI=1S/C15H20N4O2/c1-11(2)21-13-6-3-5-12(9-13)15(20)16-8-4-7-14-17-10-18-19-14/h3,5-6,9-11H,4,7-8H2,1-2H3,(H,16,20)(H,17,18,19). The Hall–Kier alpha value is -2.37. The third-order valence-electron chi connectivity index (χ3n) is 2.81. The van der Waals surface area contributed by atoms with Gasteiger partial charge >= 0.3 is 0 Å². The Morgan fingerprint density at radius 1 is 1.43 bits per heavy atom. The van der Waals surface area contributed by atoms with Crippen molar-refractivity contribution in [2.45, 2.75) is 32.8 Å². The van der Waals surface area contributed by atoms with Gasteiger partial charge in [-0.15, -0.1) is 0 Å². The summed E-state index contributed by atoms with van der Waals surface area (Å²) in [4.78, 5) is 16.1. The Labute approximate surface area is 123 Å². The predicted octanol–water partition coefficient (Wildman–Crippen LogP) is 1.95. The van der Waals surface area contributed by atoms with Gasteiger partial charge < -0.3 is 10.1 Å². The van der Waals surface area contributed by atoms with Crippen LogP contribution in [0.4, 0.5) is 0 Å². The maximum absolute atomic E-state index is 12.0. The van der Waals surface area contributed by atoms with Crippen LogP contribution in [0.15, 0.2) is 30.6 Å². The van der Waals surface area contributed by atoms with Crippen molar-refractivity contribution in [2.24, 2.45) is 0 Å². The Bertz CT molecular complexity index is 567. The molecule has 6 nitrogen and oxygen atoms in total. The first-order valence-electron chi connectivity index (χ1n) is 7.04. The molecule has 1 aromatic heterocycles. The number of nitrogens with one attached hydrogen (secondary N) is 2. The molecule has 2 rings (SSSR count). The van der Waals surface area contributed by atoms with Crippen molar-refractivity contribution in [2.75, 3.05) is 6.54 Å². The Balaban J connectivity index is 1.79. The molecule has 1 amide bonds. The number of aryl methyl sites for hydroxylation is 1. The first-order chi connectivity index (χ1) is 10.1. The number of H-pyrrole nitrogens is 1. The second kappa shape index (κ2) is 7.42. The van der Waals surface area contributed by atoms with Crippen molar-refractivity contribution >= 4 is 5.91 Å². The Morgan fingerprint density at radius 3 is 3.00 bits per heavy atom. The highest BCUT2D eigenvalue weighted by molar-refractivity contribution is 5.94. The molecule has 0 bridgehead atoms. The molecule has 0 unspecified atom stereocenters. The molecule has 0 saturated heterocycles. The number of aromatic nitrogens is 3. The molecule has 21 heavy (non-hydrogen) atoms. The molecule has 0 saturated carbocycles. The third-order valence-corrected chi connectivity index (χ3v) is 2.81. The number of hydrogen-bond acceptors (Lipinski definition) is 4. The zero-order valence-corrected chi connectivity index (χ0v) is 12.3. The van der Waals surface area contributed by atoms with Gasteiger partial charge in [-0.05, 0) is 38.5 Å². The fourth-order valence-corrected chi connectivity index (χ4v) is 1.89. The van der Waals surface area contributed by atoms with E-state index in [0.29, 0.717) is 17.9 Å². The molecule has 1 aromatic carbocycles. The van der Waals surface area contributed by atoms with E-state index in [1.165, 1.54) is 6.33 Å². The van der Waals surface area contributed by atoms with E-state index in [4.69, 9.17) is 4.74 Å². The van der Waals surface area contributed by atoms with Gasteiger partial charge in [-0.3, -0.25) is 9.89 Å². The van der Waals surface area contributed by atoms with E-state index < -0.39 is 0 Å². The summed E-state index contributed by atoms with van der Waals surface area (Å²) in [5, 5.41) is 9.46. The highest BCUT2D eigenvalue weighted by atomic mass is 16.5. The molecule has 0 radical (unpaired) electrons. The fraction of sp³-hybridized carbons (Fsp3) is 0.400. The van der Waals surface area contributed by atoms with Gasteiger partial charge in [0.15, 0.2) is 0 Å². The first kappa shape index (κ1) is 15.0. The molecule has 0 aliphatic rings. The first-order valence-corrected chi connectivity index (χ1v) is 7.04. The van der Waals surface area contributed by atoms with Crippen LogP contribution in [0.5, 0.6) is 5.75 Å². The lowest BCUT2D eigenvalue weighted by Gasteiger charge is -2.11. The summed E-state index contributed by atoms with van der Waals surface area (Å²) in [5.41, 5.74) is 0.604. The average molecular weight is 288 g/mol. The number of amides is 1. The maximum Gasteiger partial charge on any atom is 0.251 e. The molecule has 0 aliphatic heterocycles. The van der Waals surface area contributed by atoms with Crippen molar-refractivity contribution in [3.63, 3.8) is 0 Å². The Morgan fingerprint density at radius 2 is 2.29 bits per heavy atom. The van der Waals surface area contributed by atoms with Gasteiger partial charge in [-0.25, -0.2) is 4.98 Å². The molecular weight excluding hydrogens is 268 g/mol. The van der Waals surface area contributed by atoms with Gasteiger partial charge in [0.2, 0.25) is 0 Å². The van der Waals surface area contributed by atoms with E-state index in [1.807, 2.05) is 26.0 Å². The molecule has 0 spiro atoms. The molecule has 6 heteroatoms. The number of aromatic amines is 1. The van der Waals surface area contributed by atoms with Crippen LogP contribution in [0.3, 0.4) is 0 Å². The topological polar surface area (TPSA) is 79.9 Å². The summed E-state index contributed by atoms with van der Waals surface area (Å²) >= 11 is 0. The molecule has 0 atom stereocenters. The molecule has 0 fully saturated rings. The molecular formula is C15H20N4O2. The van der Waals surface area contributed by atoms with Crippen LogP contribution >= 0.6 is 0 Å². The number of benzene rings is 1. The van der Waals surface area contributed by atoms with Gasteiger partial charge in [0.05, 0.1) is 6.10 Å². The van der Waals surface area contributed by atoms with Crippen LogP contribution in [0.2, 0.25) is 0 Å². The van der Waals surface area contributed by atoms with E-state index in [9.17, 15) is 4.79 Å². The smallest absolute Gasteiger partial charge is 0.251 e. The highest BCUT2D eigenvalue weighted by Gasteiger charge is 2.07. The number of rotatable bonds is 7. The van der Waals surface area contributed by atoms with Gasteiger partial charge in [-0.2, -0.15) is 5.10 Å². The number of carbonyl (C=O) groups excluding carboxylic acids is 1. The molecule has 2 aromatic rings. The van der Waals surface area contributed by atoms with Crippen molar-refractivity contribution < 1.29 is 9.53 Å². The lowest BCUT2D eigenvalue weighted by atomic mass is 10.2. The minimum Gasteiger partial charge on any atom is -0.491 e. The second-order valence-corrected chi connectivity index (χ2v) is 4.99. The summed E-state index contributed by atoms with van der Waals surface area (Å²) in [5.74, 6) is 1.44. The Kier molecular flexibility index (Phi) is 5.31. The highest BCUT2D eigenvalue weighted by Crippen LogP contribution is 2.14. The van der Waals surface area contributed by atoms with Gasteiger partial charge in [-0.1, -0.05) is 6.07 Å². The largest absolute Gasteiger partial charge is 0.491 e. The van der Waals surface area contributed by atoms with Crippen LogP contribution in [0, 0.1) is 0 Å². The zero-order chi connectivity index (χ0) is 15.1. The van der Waals surface area contributed by atoms with E-state index in [1.54, 1.807) is 12.1 Å². The van der Waals surface area contributed by atoms with Gasteiger partial charge in [0.25, 0.3) is 5.91 Å². The van der Waals surface area contributed by atoms with E-state index in [-0.39, 0.29) is 12.0 Å². The predicted molar refractivity (Wildman–Crippen MR) is 79.2 cm³/mol. The lowest BCUT2D eigenvalue weighted by Crippen LogP contribution is -2.24. The van der Waals surface area contributed by atoms with Gasteiger partial charge in [0.1, 0.15) is 17.9 Å². The van der Waals surface area contributed by atoms with Crippen LogP contribution in [-0.2, 0) is 6.42 Å². The van der Waals surface area contributed by atoms with Crippen LogP contribution in [0.25, 0.3) is 0 Å². The zero-order valence-electron chi connectivity index (χ0n) is 12.3. The van der Waals surface area contributed by atoms with E-state index in [0.717, 1.165) is 18.7 Å². The van der Waals surface area contributed by atoms with E-state index >= 15 is 0 Å². The molecule has 2 N–H and O–H groups in total. The van der Waals surface area contributed by atoms with Crippen molar-refractivity contribution in [1.29, 1.82) is 0 Å². The molecule has 0 aliphatic carbocycles. The second-order valence-electron chi connectivity index (χ2n) is 4.99. The van der Waals surface area contributed by atoms with Crippen molar-refractivity contribution in [3.8, 4) is 5.75 Å². The number of carbonyl (C=O) groups is 1. The minimum atomic E-state index is -0.0956. The van der Waals surface area contributed by atoms with Crippen molar-refractivity contribution in [1.82, 2.24) is 20.5 Å². The number of nitrogens with zero attached hydrogens (tertiary/aromatic N) is 2. The summed E-state index contributed by atoms with van der Waals surface area (Å²) in [7, 11) is 0. The van der Waals surface area contributed by atoms with E-state index in [2.05, 4.69) is 20.5 Å². The average Bonchev–Trinajstić information content (AvgIpc) is 2.96. The molecule has 112 valence electrons. The SMILES string of the molecule is CC(C)Oc1cccc(C(=O)NCCCc2ncn[nH]2)c1. The monoisotopic (exact) mass is 288 g/mol. The van der Waals surface area contributed by atoms with Crippen LogP contribution in [-0.4, -0.2) is 33.7 Å². The summed E-state index contributed by atoms with van der Waals surface area (Å²) in [6.45, 7) is 4.50. The quantitative estimate of drug-likeness (QED) is 0.763. The minimum absolute atomic E-state index is 0.0882. The lowest BCUT2D eigenvalue weighted by molar-refractivity contribution is 0.0952. The molecule has 1 heterocycles.